The third kappa shape index (κ3) is 3.24. The van der Waals surface area contributed by atoms with Gasteiger partial charge in [0.1, 0.15) is 0 Å². The summed E-state index contributed by atoms with van der Waals surface area (Å²) in [7, 11) is 4.24. The lowest BCUT2D eigenvalue weighted by Gasteiger charge is -2.16. The molecule has 1 aromatic heterocycles. The molecule has 0 aliphatic rings. The van der Waals surface area contributed by atoms with Gasteiger partial charge >= 0.3 is 0 Å². The molecular formula is C16H23N3. The fourth-order valence-electron chi connectivity index (χ4n) is 2.36. The van der Waals surface area contributed by atoms with Crippen LogP contribution in [0.2, 0.25) is 0 Å². The maximum absolute atomic E-state index is 4.40. The van der Waals surface area contributed by atoms with E-state index in [9.17, 15) is 0 Å². The molecular weight excluding hydrogens is 234 g/mol. The molecule has 1 heterocycles. The van der Waals surface area contributed by atoms with Gasteiger partial charge in [0.25, 0.3) is 0 Å². The first kappa shape index (κ1) is 13.8. The Hall–Kier alpha value is -1.61. The highest BCUT2D eigenvalue weighted by molar-refractivity contribution is 5.50. The van der Waals surface area contributed by atoms with Crippen LogP contribution < -0.4 is 0 Å². The topological polar surface area (TPSA) is 21.1 Å². The zero-order valence-corrected chi connectivity index (χ0v) is 12.3. The lowest BCUT2D eigenvalue weighted by molar-refractivity contribution is 0.400. The van der Waals surface area contributed by atoms with Gasteiger partial charge in [-0.2, -0.15) is 5.10 Å². The molecule has 0 aliphatic heterocycles. The summed E-state index contributed by atoms with van der Waals surface area (Å²) in [6.07, 6.45) is 6.13. The molecule has 0 atom stereocenters. The lowest BCUT2D eigenvalue weighted by atomic mass is 9.99. The molecule has 0 bridgehead atoms. The van der Waals surface area contributed by atoms with Crippen LogP contribution in [0.3, 0.4) is 0 Å². The van der Waals surface area contributed by atoms with Crippen molar-refractivity contribution in [2.24, 2.45) is 0 Å². The zero-order valence-electron chi connectivity index (χ0n) is 12.3. The molecule has 0 unspecified atom stereocenters. The van der Waals surface area contributed by atoms with Crippen molar-refractivity contribution in [2.75, 3.05) is 20.6 Å². The number of rotatable bonds is 5. The van der Waals surface area contributed by atoms with Crippen molar-refractivity contribution in [3.8, 4) is 5.69 Å². The smallest absolute Gasteiger partial charge is 0.0709 e. The molecule has 0 saturated heterocycles. The van der Waals surface area contributed by atoms with Crippen LogP contribution in [0.5, 0.6) is 0 Å². The molecule has 0 saturated carbocycles. The van der Waals surface area contributed by atoms with Crippen LogP contribution in [0, 0.1) is 13.8 Å². The average Bonchev–Trinajstić information content (AvgIpc) is 2.87. The van der Waals surface area contributed by atoms with E-state index in [1.807, 2.05) is 23.1 Å². The summed E-state index contributed by atoms with van der Waals surface area (Å²) in [5, 5.41) is 4.40. The second kappa shape index (κ2) is 6.02. The van der Waals surface area contributed by atoms with E-state index >= 15 is 0 Å². The Morgan fingerprint density at radius 2 is 2.00 bits per heavy atom. The molecule has 19 heavy (non-hydrogen) atoms. The van der Waals surface area contributed by atoms with E-state index in [-0.39, 0.29) is 0 Å². The Labute approximate surface area is 115 Å². The third-order valence-electron chi connectivity index (χ3n) is 3.57. The summed E-state index contributed by atoms with van der Waals surface area (Å²) in [6, 6.07) is 6.44. The molecule has 2 rings (SSSR count). The Morgan fingerprint density at radius 3 is 2.63 bits per heavy atom. The van der Waals surface area contributed by atoms with E-state index in [4.69, 9.17) is 0 Å². The van der Waals surface area contributed by atoms with Crippen molar-refractivity contribution < 1.29 is 0 Å². The minimum Gasteiger partial charge on any atom is -0.309 e. The molecule has 0 radical (unpaired) electrons. The minimum absolute atomic E-state index is 1.09. The predicted molar refractivity (Wildman–Crippen MR) is 79.9 cm³/mol. The first-order chi connectivity index (χ1) is 9.09. The highest BCUT2D eigenvalue weighted by atomic mass is 15.3. The summed E-state index contributed by atoms with van der Waals surface area (Å²) >= 11 is 0. The fourth-order valence-corrected chi connectivity index (χ4v) is 2.36. The van der Waals surface area contributed by atoms with Gasteiger partial charge in [0, 0.05) is 12.4 Å². The Bertz CT molecular complexity index is 527. The van der Waals surface area contributed by atoms with Crippen LogP contribution in [0.25, 0.3) is 5.69 Å². The summed E-state index contributed by atoms with van der Waals surface area (Å²) in [5.41, 5.74) is 5.28. The first-order valence-electron chi connectivity index (χ1n) is 6.83. The Balaban J connectivity index is 2.30. The lowest BCUT2D eigenvalue weighted by Crippen LogP contribution is -2.14. The van der Waals surface area contributed by atoms with Crippen molar-refractivity contribution in [3.05, 3.63) is 47.3 Å². The molecule has 0 spiro atoms. The largest absolute Gasteiger partial charge is 0.309 e. The molecule has 0 fully saturated rings. The highest BCUT2D eigenvalue weighted by Gasteiger charge is 2.10. The number of hydrogen-bond donors (Lipinski definition) is 0. The van der Waals surface area contributed by atoms with Crippen LogP contribution >= 0.6 is 0 Å². The van der Waals surface area contributed by atoms with Crippen molar-refractivity contribution >= 4 is 0 Å². The van der Waals surface area contributed by atoms with E-state index < -0.39 is 0 Å². The van der Waals surface area contributed by atoms with Crippen molar-refractivity contribution in [3.63, 3.8) is 0 Å². The fraction of sp³-hybridized carbons (Fsp3) is 0.438. The van der Waals surface area contributed by atoms with E-state index in [1.165, 1.54) is 28.8 Å². The monoisotopic (exact) mass is 257 g/mol. The van der Waals surface area contributed by atoms with Crippen LogP contribution in [0.4, 0.5) is 0 Å². The Kier molecular flexibility index (Phi) is 4.38. The van der Waals surface area contributed by atoms with E-state index in [0.717, 1.165) is 13.0 Å². The van der Waals surface area contributed by atoms with Gasteiger partial charge < -0.3 is 4.90 Å². The van der Waals surface area contributed by atoms with Crippen LogP contribution in [-0.2, 0) is 6.42 Å². The summed E-state index contributed by atoms with van der Waals surface area (Å²) in [6.45, 7) is 5.46. The van der Waals surface area contributed by atoms with Crippen molar-refractivity contribution in [1.82, 2.24) is 14.7 Å². The number of benzene rings is 1. The van der Waals surface area contributed by atoms with Gasteiger partial charge in [-0.25, -0.2) is 4.68 Å². The molecule has 102 valence electrons. The van der Waals surface area contributed by atoms with Crippen LogP contribution in [-0.4, -0.2) is 35.3 Å². The molecule has 2 aromatic rings. The Morgan fingerprint density at radius 1 is 1.21 bits per heavy atom. The van der Waals surface area contributed by atoms with Gasteiger partial charge in [-0.05, 0) is 70.1 Å². The van der Waals surface area contributed by atoms with Crippen LogP contribution in [0.1, 0.15) is 23.1 Å². The quantitative estimate of drug-likeness (QED) is 0.821. The van der Waals surface area contributed by atoms with Gasteiger partial charge in [-0.15, -0.1) is 0 Å². The summed E-state index contributed by atoms with van der Waals surface area (Å²) in [4.78, 5) is 2.23. The third-order valence-corrected chi connectivity index (χ3v) is 3.57. The minimum atomic E-state index is 1.09. The number of aromatic nitrogens is 2. The molecule has 0 N–H and O–H groups in total. The van der Waals surface area contributed by atoms with E-state index in [2.05, 4.69) is 50.1 Å². The first-order valence-corrected chi connectivity index (χ1v) is 6.83. The highest BCUT2D eigenvalue weighted by Crippen LogP contribution is 2.23. The average molecular weight is 257 g/mol. The van der Waals surface area contributed by atoms with Crippen LogP contribution in [0.15, 0.2) is 30.6 Å². The molecule has 3 heteroatoms. The summed E-state index contributed by atoms with van der Waals surface area (Å²) in [5.74, 6) is 0. The number of hydrogen-bond acceptors (Lipinski definition) is 2. The standard InChI is InChI=1S/C16H23N3/c1-13-8-9-15(7-5-11-18(3)4)16(14(13)2)19-12-6-10-17-19/h6,8-10,12H,5,7,11H2,1-4H3. The van der Waals surface area contributed by atoms with E-state index in [0.29, 0.717) is 0 Å². The maximum Gasteiger partial charge on any atom is 0.0709 e. The van der Waals surface area contributed by atoms with Gasteiger partial charge in [-0.3, -0.25) is 0 Å². The zero-order chi connectivity index (χ0) is 13.8. The maximum atomic E-state index is 4.40. The predicted octanol–water partition coefficient (Wildman–Crippen LogP) is 2.98. The molecule has 0 amide bonds. The number of aryl methyl sites for hydroxylation is 2. The molecule has 1 aromatic carbocycles. The van der Waals surface area contributed by atoms with Gasteiger partial charge in [0.05, 0.1) is 5.69 Å². The van der Waals surface area contributed by atoms with Gasteiger partial charge in [-0.1, -0.05) is 12.1 Å². The second-order valence-corrected chi connectivity index (χ2v) is 5.37. The second-order valence-electron chi connectivity index (χ2n) is 5.37. The number of nitrogens with zero attached hydrogens (tertiary/aromatic N) is 3. The van der Waals surface area contributed by atoms with Gasteiger partial charge in [0.15, 0.2) is 0 Å². The SMILES string of the molecule is Cc1ccc(CCCN(C)C)c(-n2cccn2)c1C. The summed E-state index contributed by atoms with van der Waals surface area (Å²) < 4.78 is 1.99. The van der Waals surface area contributed by atoms with Gasteiger partial charge in [0.2, 0.25) is 0 Å². The van der Waals surface area contributed by atoms with Crippen molar-refractivity contribution in [1.29, 1.82) is 0 Å². The van der Waals surface area contributed by atoms with E-state index in [1.54, 1.807) is 0 Å². The normalized spacial score (nSPS) is 11.2. The van der Waals surface area contributed by atoms with Crippen molar-refractivity contribution in [2.45, 2.75) is 26.7 Å². The molecule has 0 aliphatic carbocycles. The molecule has 3 nitrogen and oxygen atoms in total.